The van der Waals surface area contributed by atoms with Crippen LogP contribution in [0.5, 0.6) is 11.5 Å². The van der Waals surface area contributed by atoms with E-state index in [1.165, 1.54) is 0 Å². The number of ether oxygens (including phenoxy) is 4. The summed E-state index contributed by atoms with van der Waals surface area (Å²) < 4.78 is 23.6. The van der Waals surface area contributed by atoms with Crippen molar-refractivity contribution in [1.82, 2.24) is 9.78 Å². The number of hydrogen-bond acceptors (Lipinski definition) is 5. The Morgan fingerprint density at radius 3 is 2.28 bits per heavy atom. The van der Waals surface area contributed by atoms with Crippen LogP contribution in [-0.4, -0.2) is 48.4 Å². The number of benzene rings is 2. The minimum absolute atomic E-state index is 0.198. The van der Waals surface area contributed by atoms with Gasteiger partial charge in [-0.2, -0.15) is 5.10 Å². The molecule has 0 amide bonds. The largest absolute Gasteiger partial charge is 0.491 e. The summed E-state index contributed by atoms with van der Waals surface area (Å²) in [5, 5.41) is 5.23. The Labute approximate surface area is 173 Å². The highest BCUT2D eigenvalue weighted by Gasteiger charge is 2.24. The molecule has 2 saturated heterocycles. The van der Waals surface area contributed by atoms with Crippen LogP contribution >= 0.6 is 11.6 Å². The average Bonchev–Trinajstić information content (AvgIpc) is 3.65. The van der Waals surface area contributed by atoms with Crippen molar-refractivity contribution < 1.29 is 18.9 Å². The molecular weight excluding hydrogens is 392 g/mol. The zero-order chi connectivity index (χ0) is 19.8. The van der Waals surface area contributed by atoms with Crippen molar-refractivity contribution in [1.29, 1.82) is 0 Å². The van der Waals surface area contributed by atoms with E-state index in [2.05, 4.69) is 11.2 Å². The molecule has 2 aromatic carbocycles. The van der Waals surface area contributed by atoms with E-state index in [1.807, 2.05) is 54.2 Å². The van der Waals surface area contributed by atoms with Gasteiger partial charge in [-0.1, -0.05) is 11.6 Å². The van der Waals surface area contributed by atoms with Gasteiger partial charge in [0.25, 0.3) is 0 Å². The highest BCUT2D eigenvalue weighted by atomic mass is 35.5. The van der Waals surface area contributed by atoms with Crippen molar-refractivity contribution in [2.75, 3.05) is 26.4 Å². The maximum Gasteiger partial charge on any atom is 0.138 e. The number of aryl methyl sites for hydroxylation is 1. The smallest absolute Gasteiger partial charge is 0.138 e. The normalized spacial score (nSPS) is 19.8. The number of epoxide rings is 2. The lowest BCUT2D eigenvalue weighted by Crippen LogP contribution is -2.04. The molecule has 0 N–H and O–H groups in total. The van der Waals surface area contributed by atoms with Gasteiger partial charge in [0.15, 0.2) is 0 Å². The van der Waals surface area contributed by atoms with Crippen molar-refractivity contribution in [3.63, 3.8) is 0 Å². The maximum atomic E-state index is 6.41. The Morgan fingerprint density at radius 1 is 0.966 bits per heavy atom. The summed E-state index contributed by atoms with van der Waals surface area (Å²) in [6.45, 7) is 2.68. The summed E-state index contributed by atoms with van der Waals surface area (Å²) in [5.41, 5.74) is 3.88. The first-order chi connectivity index (χ1) is 14.2. The number of hydrogen-bond donors (Lipinski definition) is 0. The molecule has 2 unspecified atom stereocenters. The van der Waals surface area contributed by atoms with E-state index in [0.717, 1.165) is 41.5 Å². The molecule has 0 radical (unpaired) electrons. The molecule has 6 nitrogen and oxygen atoms in total. The van der Waals surface area contributed by atoms with E-state index in [-0.39, 0.29) is 12.2 Å². The summed E-state index contributed by atoms with van der Waals surface area (Å²) in [5.74, 6) is 1.50. The van der Waals surface area contributed by atoms with Gasteiger partial charge in [0.2, 0.25) is 0 Å². The Bertz CT molecular complexity index is 1010. The zero-order valence-electron chi connectivity index (χ0n) is 16.0. The molecule has 3 aromatic rings. The summed E-state index contributed by atoms with van der Waals surface area (Å²) in [4.78, 5) is 0. The standard InChI is InChI=1S/C22H21ClN2O4/c1-25-21(15-4-7-22(19(23)8-15)29-13-18-12-28-18)9-20(24-25)14-2-5-16(6-3-14)26-10-17-11-27-17/h2-9,17-18H,10-13H2,1H3. The van der Waals surface area contributed by atoms with E-state index in [0.29, 0.717) is 24.0 Å². The Hall–Kier alpha value is -2.54. The van der Waals surface area contributed by atoms with Gasteiger partial charge >= 0.3 is 0 Å². The average molecular weight is 413 g/mol. The van der Waals surface area contributed by atoms with Crippen LogP contribution < -0.4 is 9.47 Å². The van der Waals surface area contributed by atoms with E-state index in [1.54, 1.807) is 0 Å². The minimum atomic E-state index is 0.198. The summed E-state index contributed by atoms with van der Waals surface area (Å²) in [7, 11) is 1.93. The van der Waals surface area contributed by atoms with E-state index in [4.69, 9.17) is 30.5 Å². The highest BCUT2D eigenvalue weighted by Crippen LogP contribution is 2.33. The van der Waals surface area contributed by atoms with Gasteiger partial charge in [-0.15, -0.1) is 0 Å². The Balaban J connectivity index is 1.32. The highest BCUT2D eigenvalue weighted by molar-refractivity contribution is 6.32. The molecule has 5 rings (SSSR count). The molecule has 0 aliphatic carbocycles. The maximum absolute atomic E-state index is 6.41. The second kappa shape index (κ2) is 7.71. The number of aromatic nitrogens is 2. The van der Waals surface area contributed by atoms with Crippen molar-refractivity contribution >= 4 is 11.6 Å². The topological polar surface area (TPSA) is 61.3 Å². The molecule has 29 heavy (non-hydrogen) atoms. The van der Waals surface area contributed by atoms with E-state index in [9.17, 15) is 0 Å². The van der Waals surface area contributed by atoms with Gasteiger partial charge in [0.05, 0.1) is 29.6 Å². The second-order valence-electron chi connectivity index (χ2n) is 7.24. The third kappa shape index (κ3) is 4.40. The third-order valence-corrected chi connectivity index (χ3v) is 5.22. The lowest BCUT2D eigenvalue weighted by molar-refractivity contribution is 0.263. The molecular formula is C22H21ClN2O4. The second-order valence-corrected chi connectivity index (χ2v) is 7.65. The van der Waals surface area contributed by atoms with Crippen LogP contribution in [0.25, 0.3) is 22.5 Å². The quantitative estimate of drug-likeness (QED) is 0.524. The van der Waals surface area contributed by atoms with Crippen molar-refractivity contribution in [3.05, 3.63) is 53.6 Å². The Kier molecular flexibility index (Phi) is 4.91. The summed E-state index contributed by atoms with van der Waals surface area (Å²) in [6.07, 6.45) is 0.447. The summed E-state index contributed by atoms with van der Waals surface area (Å²) in [6, 6.07) is 15.8. The molecule has 2 aliphatic rings. The Morgan fingerprint density at radius 2 is 1.62 bits per heavy atom. The van der Waals surface area contributed by atoms with Crippen LogP contribution in [0.2, 0.25) is 5.02 Å². The van der Waals surface area contributed by atoms with Crippen LogP contribution in [-0.2, 0) is 16.5 Å². The van der Waals surface area contributed by atoms with E-state index >= 15 is 0 Å². The first kappa shape index (κ1) is 18.5. The molecule has 2 fully saturated rings. The molecule has 3 heterocycles. The van der Waals surface area contributed by atoms with Gasteiger partial charge < -0.3 is 18.9 Å². The molecule has 0 saturated carbocycles. The monoisotopic (exact) mass is 412 g/mol. The molecule has 150 valence electrons. The van der Waals surface area contributed by atoms with Gasteiger partial charge in [0.1, 0.15) is 36.9 Å². The molecule has 2 aliphatic heterocycles. The number of halogens is 1. The van der Waals surface area contributed by atoms with Gasteiger partial charge in [-0.3, -0.25) is 4.68 Å². The molecule has 0 bridgehead atoms. The lowest BCUT2D eigenvalue weighted by atomic mass is 10.1. The van der Waals surface area contributed by atoms with Gasteiger partial charge in [-0.25, -0.2) is 0 Å². The minimum Gasteiger partial charge on any atom is -0.491 e. The molecule has 2 atom stereocenters. The lowest BCUT2D eigenvalue weighted by Gasteiger charge is -2.08. The van der Waals surface area contributed by atoms with Crippen molar-refractivity contribution in [3.8, 4) is 34.0 Å². The molecule has 7 heteroatoms. The molecule has 0 spiro atoms. The van der Waals surface area contributed by atoms with E-state index < -0.39 is 0 Å². The first-order valence-corrected chi connectivity index (χ1v) is 9.97. The number of rotatable bonds is 8. The molecule has 1 aromatic heterocycles. The van der Waals surface area contributed by atoms with Gasteiger partial charge in [0, 0.05) is 18.2 Å². The fraction of sp³-hybridized carbons (Fsp3) is 0.318. The zero-order valence-corrected chi connectivity index (χ0v) is 16.8. The predicted octanol–water partition coefficient (Wildman–Crippen LogP) is 3.96. The van der Waals surface area contributed by atoms with Crippen LogP contribution in [0.3, 0.4) is 0 Å². The van der Waals surface area contributed by atoms with Crippen LogP contribution in [0.4, 0.5) is 0 Å². The van der Waals surface area contributed by atoms with Gasteiger partial charge in [-0.05, 0) is 48.5 Å². The fourth-order valence-corrected chi connectivity index (χ4v) is 3.31. The van der Waals surface area contributed by atoms with Crippen molar-refractivity contribution in [2.24, 2.45) is 7.05 Å². The van der Waals surface area contributed by atoms with Crippen LogP contribution in [0.1, 0.15) is 0 Å². The summed E-state index contributed by atoms with van der Waals surface area (Å²) >= 11 is 6.41. The SMILES string of the molecule is Cn1nc(-c2ccc(OCC3CO3)cc2)cc1-c1ccc(OCC2CO2)c(Cl)c1. The first-order valence-electron chi connectivity index (χ1n) is 9.59. The number of nitrogens with zero attached hydrogens (tertiary/aromatic N) is 2. The van der Waals surface area contributed by atoms with Crippen molar-refractivity contribution in [2.45, 2.75) is 12.2 Å². The third-order valence-electron chi connectivity index (χ3n) is 4.92. The predicted molar refractivity (Wildman–Crippen MR) is 110 cm³/mol. The van der Waals surface area contributed by atoms with Crippen LogP contribution in [0, 0.1) is 0 Å². The van der Waals surface area contributed by atoms with Crippen LogP contribution in [0.15, 0.2) is 48.5 Å². The fourth-order valence-electron chi connectivity index (χ4n) is 3.08.